The van der Waals surface area contributed by atoms with Crippen molar-refractivity contribution in [2.75, 3.05) is 33.2 Å². The molecule has 2 rings (SSSR count). The minimum atomic E-state index is 0.336. The Hall–Kier alpha value is -0.610. The van der Waals surface area contributed by atoms with Crippen LogP contribution >= 0.6 is 0 Å². The maximum absolute atomic E-state index is 12.3. The summed E-state index contributed by atoms with van der Waals surface area (Å²) >= 11 is 0. The summed E-state index contributed by atoms with van der Waals surface area (Å²) in [5.41, 5.74) is 0. The van der Waals surface area contributed by atoms with Gasteiger partial charge in [-0.2, -0.15) is 0 Å². The molecule has 104 valence electrons. The lowest BCUT2D eigenvalue weighted by Gasteiger charge is -2.36. The lowest BCUT2D eigenvalue weighted by atomic mass is 10.0. The van der Waals surface area contributed by atoms with E-state index in [-0.39, 0.29) is 0 Å². The van der Waals surface area contributed by atoms with Gasteiger partial charge in [0.2, 0.25) is 5.91 Å². The maximum atomic E-state index is 12.3. The van der Waals surface area contributed by atoms with Gasteiger partial charge in [0.25, 0.3) is 0 Å². The Morgan fingerprint density at radius 3 is 2.72 bits per heavy atom. The number of hydrogen-bond acceptors (Lipinski definition) is 3. The molecule has 0 aromatic heterocycles. The van der Waals surface area contributed by atoms with Gasteiger partial charge in [-0.15, -0.1) is 0 Å². The molecule has 1 unspecified atom stereocenters. The van der Waals surface area contributed by atoms with Crippen LogP contribution < -0.4 is 5.32 Å². The second-order valence-corrected chi connectivity index (χ2v) is 5.59. The van der Waals surface area contributed by atoms with Crippen LogP contribution in [0.4, 0.5) is 0 Å². The molecular formula is C14H27N3O. The van der Waals surface area contributed by atoms with Crippen molar-refractivity contribution in [3.05, 3.63) is 0 Å². The summed E-state index contributed by atoms with van der Waals surface area (Å²) in [6, 6.07) is 1.10. The summed E-state index contributed by atoms with van der Waals surface area (Å²) in [6.07, 6.45) is 6.18. The van der Waals surface area contributed by atoms with E-state index in [4.69, 9.17) is 0 Å². The monoisotopic (exact) mass is 253 g/mol. The van der Waals surface area contributed by atoms with Crippen molar-refractivity contribution in [2.45, 2.75) is 51.1 Å². The normalized spacial score (nSPS) is 25.1. The summed E-state index contributed by atoms with van der Waals surface area (Å²) < 4.78 is 0. The van der Waals surface area contributed by atoms with Crippen LogP contribution in [0.3, 0.4) is 0 Å². The quantitative estimate of drug-likeness (QED) is 0.769. The first-order valence-electron chi connectivity index (χ1n) is 7.44. The van der Waals surface area contributed by atoms with Gasteiger partial charge in [0.15, 0.2) is 0 Å². The number of carbonyl (C=O) groups excluding carboxylic acids is 1. The van der Waals surface area contributed by atoms with Gasteiger partial charge in [-0.1, -0.05) is 6.42 Å². The second kappa shape index (κ2) is 6.53. The predicted octanol–water partition coefficient (Wildman–Crippen LogP) is 1.07. The van der Waals surface area contributed by atoms with Crippen LogP contribution in [0, 0.1) is 0 Å². The predicted molar refractivity (Wildman–Crippen MR) is 73.5 cm³/mol. The highest BCUT2D eigenvalue weighted by Crippen LogP contribution is 2.27. The van der Waals surface area contributed by atoms with E-state index in [2.05, 4.69) is 22.0 Å². The highest BCUT2D eigenvalue weighted by Gasteiger charge is 2.33. The number of carbonyl (C=O) groups is 1. The molecule has 2 aliphatic rings. The molecule has 1 aliphatic heterocycles. The highest BCUT2D eigenvalue weighted by atomic mass is 16.2. The first-order valence-corrected chi connectivity index (χ1v) is 7.44. The van der Waals surface area contributed by atoms with Crippen LogP contribution in [0.2, 0.25) is 0 Å². The van der Waals surface area contributed by atoms with Crippen molar-refractivity contribution in [3.8, 4) is 0 Å². The van der Waals surface area contributed by atoms with E-state index in [0.29, 0.717) is 24.5 Å². The van der Waals surface area contributed by atoms with E-state index in [1.807, 2.05) is 7.05 Å². The summed E-state index contributed by atoms with van der Waals surface area (Å²) in [5, 5.41) is 3.25. The fourth-order valence-electron chi connectivity index (χ4n) is 3.02. The van der Waals surface area contributed by atoms with Crippen molar-refractivity contribution in [3.63, 3.8) is 0 Å². The molecule has 0 radical (unpaired) electrons. The Morgan fingerprint density at radius 1 is 1.33 bits per heavy atom. The van der Waals surface area contributed by atoms with Gasteiger partial charge in [0, 0.05) is 25.2 Å². The van der Waals surface area contributed by atoms with E-state index in [9.17, 15) is 4.79 Å². The van der Waals surface area contributed by atoms with E-state index in [1.54, 1.807) is 0 Å². The molecule has 1 saturated heterocycles. The summed E-state index contributed by atoms with van der Waals surface area (Å²) in [4.78, 5) is 16.8. The number of amides is 1. The van der Waals surface area contributed by atoms with Crippen molar-refractivity contribution in [2.24, 2.45) is 0 Å². The molecular weight excluding hydrogens is 226 g/mol. The van der Waals surface area contributed by atoms with Gasteiger partial charge in [0.1, 0.15) is 0 Å². The smallest absolute Gasteiger partial charge is 0.236 e. The molecule has 1 saturated carbocycles. The molecule has 4 heteroatoms. The zero-order valence-corrected chi connectivity index (χ0v) is 11.8. The number of hydrogen-bond donors (Lipinski definition) is 1. The van der Waals surface area contributed by atoms with Gasteiger partial charge in [0.05, 0.1) is 6.54 Å². The molecule has 1 amide bonds. The van der Waals surface area contributed by atoms with Crippen LogP contribution in [-0.2, 0) is 4.79 Å². The minimum absolute atomic E-state index is 0.336. The topological polar surface area (TPSA) is 35.6 Å². The van der Waals surface area contributed by atoms with Crippen LogP contribution in [0.1, 0.15) is 39.0 Å². The number of nitrogens with one attached hydrogen (secondary N) is 1. The van der Waals surface area contributed by atoms with Gasteiger partial charge in [-0.05, 0) is 46.2 Å². The molecule has 0 spiro atoms. The van der Waals surface area contributed by atoms with Gasteiger partial charge in [-0.3, -0.25) is 9.69 Å². The molecule has 1 N–H and O–H groups in total. The lowest BCUT2D eigenvalue weighted by molar-refractivity contribution is -0.133. The van der Waals surface area contributed by atoms with E-state index >= 15 is 0 Å². The molecule has 0 aromatic carbocycles. The largest absolute Gasteiger partial charge is 0.339 e. The Bertz CT molecular complexity index is 276. The zero-order valence-electron chi connectivity index (χ0n) is 11.8. The van der Waals surface area contributed by atoms with E-state index < -0.39 is 0 Å². The molecule has 0 aromatic rings. The third-order valence-electron chi connectivity index (χ3n) is 4.18. The fraction of sp³-hybridized carbons (Fsp3) is 0.929. The third-order valence-corrected chi connectivity index (χ3v) is 4.18. The number of nitrogens with zero attached hydrogens (tertiary/aromatic N) is 2. The molecule has 18 heavy (non-hydrogen) atoms. The molecule has 4 nitrogen and oxygen atoms in total. The average Bonchev–Trinajstić information content (AvgIpc) is 3.17. The summed E-state index contributed by atoms with van der Waals surface area (Å²) in [6.45, 7) is 5.67. The van der Waals surface area contributed by atoms with Crippen molar-refractivity contribution in [1.82, 2.24) is 15.1 Å². The zero-order chi connectivity index (χ0) is 13.0. The van der Waals surface area contributed by atoms with Gasteiger partial charge < -0.3 is 10.2 Å². The first-order chi connectivity index (χ1) is 8.76. The first kappa shape index (κ1) is 13.8. The molecule has 1 heterocycles. The molecule has 2 fully saturated rings. The third kappa shape index (κ3) is 3.45. The van der Waals surface area contributed by atoms with Gasteiger partial charge >= 0.3 is 0 Å². The summed E-state index contributed by atoms with van der Waals surface area (Å²) in [5.74, 6) is 0.336. The van der Waals surface area contributed by atoms with Crippen molar-refractivity contribution in [1.29, 1.82) is 0 Å². The summed E-state index contributed by atoms with van der Waals surface area (Å²) in [7, 11) is 2.00. The second-order valence-electron chi connectivity index (χ2n) is 5.59. The Labute approximate surface area is 111 Å². The minimum Gasteiger partial charge on any atom is -0.339 e. The molecule has 0 bridgehead atoms. The lowest BCUT2D eigenvalue weighted by Crippen LogP contribution is -2.50. The maximum Gasteiger partial charge on any atom is 0.236 e. The standard InChI is InChI=1S/C14H27N3O/c1-3-17(12-7-8-12)14(18)11-16-9-5-4-6-13(16)10-15-2/h12-13,15H,3-11H2,1-2H3. The van der Waals surface area contributed by atoms with Crippen molar-refractivity contribution >= 4 is 5.91 Å². The fourth-order valence-corrected chi connectivity index (χ4v) is 3.02. The van der Waals surface area contributed by atoms with Crippen LogP contribution in [0.5, 0.6) is 0 Å². The van der Waals surface area contributed by atoms with Gasteiger partial charge in [-0.25, -0.2) is 0 Å². The number of likely N-dealkylation sites (N-methyl/N-ethyl adjacent to an activating group) is 2. The van der Waals surface area contributed by atoms with Crippen LogP contribution in [-0.4, -0.2) is 61.0 Å². The van der Waals surface area contributed by atoms with E-state index in [1.165, 1.54) is 32.1 Å². The van der Waals surface area contributed by atoms with Crippen molar-refractivity contribution < 1.29 is 4.79 Å². The average molecular weight is 253 g/mol. The Kier molecular flexibility index (Phi) is 5.01. The Balaban J connectivity index is 1.87. The number of likely N-dealkylation sites (tertiary alicyclic amines) is 1. The Morgan fingerprint density at radius 2 is 2.11 bits per heavy atom. The van der Waals surface area contributed by atoms with E-state index in [0.717, 1.165) is 19.6 Å². The SMILES string of the molecule is CCN(C(=O)CN1CCCCC1CNC)C1CC1. The number of piperidine rings is 1. The molecule has 1 aliphatic carbocycles. The highest BCUT2D eigenvalue weighted by molar-refractivity contribution is 5.79. The number of rotatable bonds is 6. The van der Waals surface area contributed by atoms with Crippen LogP contribution in [0.15, 0.2) is 0 Å². The molecule has 1 atom stereocenters. The van der Waals surface area contributed by atoms with Crippen LogP contribution in [0.25, 0.3) is 0 Å².